The Morgan fingerprint density at radius 3 is 2.38 bits per heavy atom. The summed E-state index contributed by atoms with van der Waals surface area (Å²) in [6.07, 6.45) is 1.62. The Morgan fingerprint density at radius 2 is 1.65 bits per heavy atom. The lowest BCUT2D eigenvalue weighted by Crippen LogP contribution is -2.20. The third kappa shape index (κ3) is 7.27. The molecule has 26 heavy (non-hydrogen) atoms. The Labute approximate surface area is 158 Å². The maximum absolute atomic E-state index is 11.9. The first-order chi connectivity index (χ1) is 12.7. The molecule has 0 aliphatic heterocycles. The Bertz CT molecular complexity index is 703. The van der Waals surface area contributed by atoms with Gasteiger partial charge >= 0.3 is 0 Å². The molecule has 2 rings (SSSR count). The van der Waals surface area contributed by atoms with Gasteiger partial charge in [-0.1, -0.05) is 23.7 Å². The van der Waals surface area contributed by atoms with E-state index in [0.29, 0.717) is 38.1 Å². The van der Waals surface area contributed by atoms with Gasteiger partial charge in [0.2, 0.25) is 0 Å². The van der Waals surface area contributed by atoms with Gasteiger partial charge in [-0.2, -0.15) is 0 Å². The molecule has 6 nitrogen and oxygen atoms in total. The van der Waals surface area contributed by atoms with Gasteiger partial charge in [-0.05, 0) is 23.8 Å². The molecule has 0 amide bonds. The van der Waals surface area contributed by atoms with Crippen LogP contribution in [0.5, 0.6) is 0 Å². The highest BCUT2D eigenvalue weighted by Gasteiger charge is 2.01. The van der Waals surface area contributed by atoms with Gasteiger partial charge in [0, 0.05) is 38.1 Å². The second-order valence-corrected chi connectivity index (χ2v) is 6.05. The van der Waals surface area contributed by atoms with Crippen molar-refractivity contribution in [3.8, 4) is 5.69 Å². The summed E-state index contributed by atoms with van der Waals surface area (Å²) >= 11 is 5.96. The smallest absolute Gasteiger partial charge is 0.255 e. The van der Waals surface area contributed by atoms with Crippen molar-refractivity contribution in [2.24, 2.45) is 0 Å². The van der Waals surface area contributed by atoms with Crippen molar-refractivity contribution in [1.29, 1.82) is 0 Å². The highest BCUT2D eigenvalue weighted by Crippen LogP contribution is 2.11. The normalized spacial score (nSPS) is 11.0. The van der Waals surface area contributed by atoms with Crippen LogP contribution in [0.4, 0.5) is 0 Å². The molecule has 0 saturated carbocycles. The molecule has 2 aromatic rings. The van der Waals surface area contributed by atoms with Crippen LogP contribution in [0.25, 0.3) is 5.69 Å². The van der Waals surface area contributed by atoms with Crippen molar-refractivity contribution in [2.45, 2.75) is 6.54 Å². The lowest BCUT2D eigenvalue weighted by molar-refractivity contribution is 0.0255. The van der Waals surface area contributed by atoms with Crippen molar-refractivity contribution in [2.75, 3.05) is 46.7 Å². The summed E-state index contributed by atoms with van der Waals surface area (Å²) in [5.74, 6) is 0. The first-order valence-corrected chi connectivity index (χ1v) is 8.91. The van der Waals surface area contributed by atoms with Gasteiger partial charge in [0.15, 0.2) is 0 Å². The Kier molecular flexibility index (Phi) is 9.38. The number of pyridine rings is 1. The zero-order chi connectivity index (χ0) is 18.6. The molecule has 0 spiro atoms. The largest absolute Gasteiger partial charge is 0.382 e. The standard InChI is InChI=1S/C19H25ClN2O4/c1-24-10-11-26-13-12-25-9-8-21-14-16-2-5-18(6-3-16)22-15-17(20)4-7-19(22)23/h2-7,15,21H,8-14H2,1H3. The average molecular weight is 381 g/mol. The van der Waals surface area contributed by atoms with Crippen LogP contribution in [0.1, 0.15) is 5.56 Å². The molecular weight excluding hydrogens is 356 g/mol. The number of hydrogen-bond donors (Lipinski definition) is 1. The summed E-state index contributed by atoms with van der Waals surface area (Å²) in [6.45, 7) is 4.47. The number of hydrogen-bond acceptors (Lipinski definition) is 5. The van der Waals surface area contributed by atoms with Gasteiger partial charge in [0.05, 0.1) is 38.1 Å². The summed E-state index contributed by atoms with van der Waals surface area (Å²) in [4.78, 5) is 11.9. The molecule has 1 aromatic heterocycles. The van der Waals surface area contributed by atoms with E-state index in [1.807, 2.05) is 24.3 Å². The minimum atomic E-state index is -0.108. The average Bonchev–Trinajstić information content (AvgIpc) is 2.66. The molecule has 1 aromatic carbocycles. The fraction of sp³-hybridized carbons (Fsp3) is 0.421. The summed E-state index contributed by atoms with van der Waals surface area (Å²) in [6, 6.07) is 10.8. The molecule has 1 heterocycles. The second kappa shape index (κ2) is 11.8. The minimum Gasteiger partial charge on any atom is -0.382 e. The number of nitrogens with zero attached hydrogens (tertiary/aromatic N) is 1. The van der Waals surface area contributed by atoms with Crippen LogP contribution in [0.15, 0.2) is 47.4 Å². The zero-order valence-corrected chi connectivity index (χ0v) is 15.7. The van der Waals surface area contributed by atoms with Crippen LogP contribution in [-0.2, 0) is 20.8 Å². The maximum atomic E-state index is 11.9. The van der Waals surface area contributed by atoms with Gasteiger partial charge in [0.25, 0.3) is 5.56 Å². The van der Waals surface area contributed by atoms with E-state index < -0.39 is 0 Å². The van der Waals surface area contributed by atoms with Crippen LogP contribution in [0.2, 0.25) is 5.02 Å². The molecule has 0 unspecified atom stereocenters. The molecule has 0 fully saturated rings. The number of nitrogens with one attached hydrogen (secondary N) is 1. The highest BCUT2D eigenvalue weighted by atomic mass is 35.5. The lowest BCUT2D eigenvalue weighted by Gasteiger charge is -2.09. The van der Waals surface area contributed by atoms with E-state index in [1.165, 1.54) is 10.6 Å². The number of ether oxygens (including phenoxy) is 3. The topological polar surface area (TPSA) is 61.7 Å². The third-order valence-corrected chi connectivity index (χ3v) is 3.87. The SMILES string of the molecule is COCCOCCOCCNCc1ccc(-n2cc(Cl)ccc2=O)cc1. The van der Waals surface area contributed by atoms with Crippen LogP contribution in [0.3, 0.4) is 0 Å². The number of aromatic nitrogens is 1. The van der Waals surface area contributed by atoms with E-state index in [-0.39, 0.29) is 5.56 Å². The number of halogens is 1. The predicted octanol–water partition coefficient (Wildman–Crippen LogP) is 2.26. The Balaban J connectivity index is 1.65. The molecule has 0 saturated heterocycles. The van der Waals surface area contributed by atoms with Crippen LogP contribution >= 0.6 is 11.6 Å². The number of benzene rings is 1. The highest BCUT2D eigenvalue weighted by molar-refractivity contribution is 6.30. The van der Waals surface area contributed by atoms with Crippen molar-refractivity contribution in [1.82, 2.24) is 9.88 Å². The molecule has 0 aliphatic rings. The molecule has 7 heteroatoms. The maximum Gasteiger partial charge on any atom is 0.255 e. The van der Waals surface area contributed by atoms with E-state index >= 15 is 0 Å². The molecule has 0 radical (unpaired) electrons. The predicted molar refractivity (Wildman–Crippen MR) is 102 cm³/mol. The van der Waals surface area contributed by atoms with Gasteiger partial charge in [-0.15, -0.1) is 0 Å². The van der Waals surface area contributed by atoms with E-state index in [0.717, 1.165) is 24.3 Å². The quantitative estimate of drug-likeness (QED) is 0.572. The summed E-state index contributed by atoms with van der Waals surface area (Å²) in [7, 11) is 1.65. The first-order valence-electron chi connectivity index (χ1n) is 8.53. The van der Waals surface area contributed by atoms with E-state index in [4.69, 9.17) is 25.8 Å². The number of rotatable bonds is 12. The van der Waals surface area contributed by atoms with Gasteiger partial charge in [-0.25, -0.2) is 0 Å². The van der Waals surface area contributed by atoms with Gasteiger partial charge < -0.3 is 19.5 Å². The number of methoxy groups -OCH3 is 1. The summed E-state index contributed by atoms with van der Waals surface area (Å²) in [5, 5.41) is 3.84. The second-order valence-electron chi connectivity index (χ2n) is 5.62. The van der Waals surface area contributed by atoms with Crippen LogP contribution in [-0.4, -0.2) is 51.3 Å². The minimum absolute atomic E-state index is 0.108. The van der Waals surface area contributed by atoms with Crippen molar-refractivity contribution < 1.29 is 14.2 Å². The molecule has 0 atom stereocenters. The molecule has 0 aliphatic carbocycles. The van der Waals surface area contributed by atoms with Crippen molar-refractivity contribution in [3.63, 3.8) is 0 Å². The Hall–Kier alpha value is -1.70. The molecule has 142 valence electrons. The van der Waals surface area contributed by atoms with E-state index in [2.05, 4.69) is 5.32 Å². The van der Waals surface area contributed by atoms with Crippen molar-refractivity contribution in [3.05, 3.63) is 63.5 Å². The van der Waals surface area contributed by atoms with E-state index in [9.17, 15) is 4.79 Å². The van der Waals surface area contributed by atoms with Gasteiger partial charge in [-0.3, -0.25) is 9.36 Å². The van der Waals surface area contributed by atoms with E-state index in [1.54, 1.807) is 19.4 Å². The monoisotopic (exact) mass is 380 g/mol. The molecule has 1 N–H and O–H groups in total. The first kappa shape index (κ1) is 20.6. The van der Waals surface area contributed by atoms with Crippen LogP contribution in [0, 0.1) is 0 Å². The summed E-state index contributed by atoms with van der Waals surface area (Å²) < 4.78 is 17.2. The zero-order valence-electron chi connectivity index (χ0n) is 14.9. The fourth-order valence-electron chi connectivity index (χ4n) is 2.28. The fourth-order valence-corrected chi connectivity index (χ4v) is 2.44. The van der Waals surface area contributed by atoms with Gasteiger partial charge in [0.1, 0.15) is 0 Å². The molecule has 0 bridgehead atoms. The third-order valence-electron chi connectivity index (χ3n) is 3.65. The summed E-state index contributed by atoms with van der Waals surface area (Å²) in [5.41, 5.74) is 1.81. The molecular formula is C19H25ClN2O4. The lowest BCUT2D eigenvalue weighted by atomic mass is 10.2. The Morgan fingerprint density at radius 1 is 0.962 bits per heavy atom. The van der Waals surface area contributed by atoms with Crippen molar-refractivity contribution >= 4 is 11.6 Å². The van der Waals surface area contributed by atoms with Crippen LogP contribution < -0.4 is 10.9 Å².